The minimum Gasteiger partial charge on any atom is -0.373 e. The van der Waals surface area contributed by atoms with Gasteiger partial charge in [0.25, 0.3) is 0 Å². The van der Waals surface area contributed by atoms with Gasteiger partial charge in [-0.1, -0.05) is 17.8 Å². The fraction of sp³-hybridized carbons (Fsp3) is 0.308. The first kappa shape index (κ1) is 13.6. The van der Waals surface area contributed by atoms with Crippen molar-refractivity contribution in [3.8, 4) is 0 Å². The van der Waals surface area contributed by atoms with Crippen molar-refractivity contribution in [2.24, 2.45) is 0 Å². The second-order valence-corrected chi connectivity index (χ2v) is 4.69. The third-order valence-corrected chi connectivity index (χ3v) is 3.13. The first-order valence-corrected chi connectivity index (χ1v) is 7.28. The average Bonchev–Trinajstić information content (AvgIpc) is 2.48. The molecule has 2 heterocycles. The van der Waals surface area contributed by atoms with Crippen LogP contribution in [0.5, 0.6) is 0 Å². The van der Waals surface area contributed by atoms with E-state index < -0.39 is 0 Å². The Morgan fingerprint density at radius 3 is 2.79 bits per heavy atom. The van der Waals surface area contributed by atoms with E-state index in [2.05, 4.69) is 31.7 Å². The number of hydrogen-bond donors (Lipinski definition) is 2. The molecular weight excluding hydrogens is 258 g/mol. The fourth-order valence-corrected chi connectivity index (χ4v) is 2.00. The van der Waals surface area contributed by atoms with Crippen molar-refractivity contribution in [1.29, 1.82) is 0 Å². The standard InChI is InChI=1S/C13H17N5S/c1-14-11-8-12(18-13(17-11)19-2)16-7-5-10-4-3-6-15-9-10/h3-4,6,8-9H,5,7H2,1-2H3,(H2,14,16,17,18). The Bertz CT molecular complexity index is 495. The van der Waals surface area contributed by atoms with Crippen LogP contribution >= 0.6 is 11.8 Å². The molecule has 0 aromatic carbocycles. The maximum Gasteiger partial charge on any atom is 0.191 e. The summed E-state index contributed by atoms with van der Waals surface area (Å²) in [7, 11) is 1.85. The largest absolute Gasteiger partial charge is 0.373 e. The molecule has 0 radical (unpaired) electrons. The van der Waals surface area contributed by atoms with E-state index in [-0.39, 0.29) is 0 Å². The highest BCUT2D eigenvalue weighted by molar-refractivity contribution is 7.98. The summed E-state index contributed by atoms with van der Waals surface area (Å²) in [5.74, 6) is 1.66. The van der Waals surface area contributed by atoms with E-state index in [1.165, 1.54) is 17.3 Å². The average molecular weight is 275 g/mol. The van der Waals surface area contributed by atoms with Gasteiger partial charge in [-0.3, -0.25) is 4.98 Å². The molecule has 0 saturated heterocycles. The molecule has 2 rings (SSSR count). The number of nitrogens with zero attached hydrogens (tertiary/aromatic N) is 3. The quantitative estimate of drug-likeness (QED) is 0.623. The molecule has 2 aromatic rings. The van der Waals surface area contributed by atoms with Gasteiger partial charge in [-0.25, -0.2) is 9.97 Å². The van der Waals surface area contributed by atoms with Crippen LogP contribution in [0.3, 0.4) is 0 Å². The summed E-state index contributed by atoms with van der Waals surface area (Å²) in [5, 5.41) is 7.11. The smallest absolute Gasteiger partial charge is 0.191 e. The van der Waals surface area contributed by atoms with Gasteiger partial charge in [0.15, 0.2) is 5.16 Å². The molecule has 0 amide bonds. The van der Waals surface area contributed by atoms with E-state index in [1.807, 2.05) is 31.6 Å². The van der Waals surface area contributed by atoms with Crippen molar-refractivity contribution in [2.75, 3.05) is 30.5 Å². The highest BCUT2D eigenvalue weighted by Crippen LogP contribution is 2.16. The lowest BCUT2D eigenvalue weighted by atomic mass is 10.2. The number of hydrogen-bond acceptors (Lipinski definition) is 6. The molecule has 0 saturated carbocycles. The molecule has 6 heteroatoms. The number of nitrogens with one attached hydrogen (secondary N) is 2. The summed E-state index contributed by atoms with van der Waals surface area (Å²) in [6.07, 6.45) is 6.55. The Balaban J connectivity index is 1.95. The van der Waals surface area contributed by atoms with Crippen LogP contribution in [0.15, 0.2) is 35.7 Å². The summed E-state index contributed by atoms with van der Waals surface area (Å²) >= 11 is 1.53. The zero-order valence-electron chi connectivity index (χ0n) is 11.1. The van der Waals surface area contributed by atoms with Crippen LogP contribution < -0.4 is 10.6 Å². The Morgan fingerprint density at radius 2 is 2.11 bits per heavy atom. The van der Waals surface area contributed by atoms with Crippen LogP contribution in [0.25, 0.3) is 0 Å². The molecule has 0 unspecified atom stereocenters. The maximum absolute atomic E-state index is 4.42. The number of pyridine rings is 1. The molecule has 0 aliphatic rings. The number of aromatic nitrogens is 3. The molecule has 2 N–H and O–H groups in total. The van der Waals surface area contributed by atoms with Crippen molar-refractivity contribution >= 4 is 23.4 Å². The minimum atomic E-state index is 0.760. The highest BCUT2D eigenvalue weighted by Gasteiger charge is 2.02. The Labute approximate surface area is 117 Å². The highest BCUT2D eigenvalue weighted by atomic mass is 32.2. The van der Waals surface area contributed by atoms with Crippen molar-refractivity contribution in [3.63, 3.8) is 0 Å². The molecule has 0 aliphatic heterocycles. The van der Waals surface area contributed by atoms with Crippen LogP contribution in [0.2, 0.25) is 0 Å². The van der Waals surface area contributed by atoms with Gasteiger partial charge in [-0.2, -0.15) is 0 Å². The summed E-state index contributed by atoms with van der Waals surface area (Å²) < 4.78 is 0. The number of rotatable bonds is 6. The number of thioether (sulfide) groups is 1. The van der Waals surface area contributed by atoms with E-state index in [0.717, 1.165) is 29.8 Å². The van der Waals surface area contributed by atoms with Gasteiger partial charge in [-0.15, -0.1) is 0 Å². The van der Waals surface area contributed by atoms with Crippen LogP contribution in [-0.4, -0.2) is 34.8 Å². The first-order chi connectivity index (χ1) is 9.31. The van der Waals surface area contributed by atoms with Crippen molar-refractivity contribution in [1.82, 2.24) is 15.0 Å². The molecule has 2 aromatic heterocycles. The second kappa shape index (κ2) is 6.94. The van der Waals surface area contributed by atoms with Crippen LogP contribution in [-0.2, 0) is 6.42 Å². The van der Waals surface area contributed by atoms with Gasteiger partial charge in [0.2, 0.25) is 0 Å². The first-order valence-electron chi connectivity index (χ1n) is 6.05. The van der Waals surface area contributed by atoms with Gasteiger partial charge >= 0.3 is 0 Å². The molecular formula is C13H17N5S. The van der Waals surface area contributed by atoms with Gasteiger partial charge in [0, 0.05) is 32.1 Å². The van der Waals surface area contributed by atoms with E-state index in [9.17, 15) is 0 Å². The lowest BCUT2D eigenvalue weighted by molar-refractivity contribution is 0.939. The predicted octanol–water partition coefficient (Wildman–Crippen LogP) is 2.29. The Kier molecular flexibility index (Phi) is 4.97. The Hall–Kier alpha value is -1.82. The summed E-state index contributed by atoms with van der Waals surface area (Å²) in [6, 6.07) is 5.93. The lowest BCUT2D eigenvalue weighted by Crippen LogP contribution is -2.08. The monoisotopic (exact) mass is 275 g/mol. The van der Waals surface area contributed by atoms with E-state index in [4.69, 9.17) is 0 Å². The normalized spacial score (nSPS) is 10.2. The minimum absolute atomic E-state index is 0.760. The molecule has 0 fully saturated rings. The topological polar surface area (TPSA) is 62.7 Å². The lowest BCUT2D eigenvalue weighted by Gasteiger charge is -2.08. The molecule has 0 atom stereocenters. The van der Waals surface area contributed by atoms with E-state index in [1.54, 1.807) is 6.20 Å². The maximum atomic E-state index is 4.42. The molecule has 5 nitrogen and oxygen atoms in total. The third kappa shape index (κ3) is 4.10. The third-order valence-electron chi connectivity index (χ3n) is 2.59. The predicted molar refractivity (Wildman–Crippen MR) is 79.8 cm³/mol. The number of anilines is 2. The van der Waals surface area contributed by atoms with Gasteiger partial charge < -0.3 is 10.6 Å². The summed E-state index contributed by atoms with van der Waals surface area (Å²) in [6.45, 7) is 0.819. The van der Waals surface area contributed by atoms with E-state index in [0.29, 0.717) is 0 Å². The molecule has 100 valence electrons. The molecule has 0 bridgehead atoms. The molecule has 19 heavy (non-hydrogen) atoms. The summed E-state index contributed by atoms with van der Waals surface area (Å²) in [4.78, 5) is 12.8. The van der Waals surface area contributed by atoms with Crippen molar-refractivity contribution < 1.29 is 0 Å². The van der Waals surface area contributed by atoms with Crippen molar-refractivity contribution in [2.45, 2.75) is 11.6 Å². The summed E-state index contributed by atoms with van der Waals surface area (Å²) in [5.41, 5.74) is 1.21. The Morgan fingerprint density at radius 1 is 1.26 bits per heavy atom. The van der Waals surface area contributed by atoms with Crippen molar-refractivity contribution in [3.05, 3.63) is 36.2 Å². The van der Waals surface area contributed by atoms with Crippen LogP contribution in [0, 0.1) is 0 Å². The van der Waals surface area contributed by atoms with Crippen LogP contribution in [0.1, 0.15) is 5.56 Å². The SMILES string of the molecule is CNc1cc(NCCc2cccnc2)nc(SC)n1. The molecule has 0 aliphatic carbocycles. The van der Waals surface area contributed by atoms with E-state index >= 15 is 0 Å². The molecule has 0 spiro atoms. The fourth-order valence-electron chi connectivity index (χ4n) is 1.62. The second-order valence-electron chi connectivity index (χ2n) is 3.91. The van der Waals surface area contributed by atoms with Crippen LogP contribution in [0.4, 0.5) is 11.6 Å². The van der Waals surface area contributed by atoms with Gasteiger partial charge in [0.05, 0.1) is 0 Å². The zero-order valence-corrected chi connectivity index (χ0v) is 11.9. The van der Waals surface area contributed by atoms with Gasteiger partial charge in [-0.05, 0) is 24.3 Å². The zero-order chi connectivity index (χ0) is 13.5. The van der Waals surface area contributed by atoms with Gasteiger partial charge in [0.1, 0.15) is 11.6 Å².